The third-order valence-corrected chi connectivity index (χ3v) is 5.28. The standard InChI is InChI=1S/C26H26N2/c1-4-25-24(15-13-22-9-11-23(17-27)12-10-22)18-28-20(3)26(25)16-14-21-7-5-19(2)6-8-21/h4-12,18H,1,13-16H2,2-3H3. The molecule has 0 amide bonds. The fourth-order valence-corrected chi connectivity index (χ4v) is 3.53. The van der Waals surface area contributed by atoms with E-state index >= 15 is 0 Å². The zero-order chi connectivity index (χ0) is 19.9. The van der Waals surface area contributed by atoms with Crippen LogP contribution in [-0.2, 0) is 25.7 Å². The molecule has 1 heterocycles. The van der Waals surface area contributed by atoms with Crippen molar-refractivity contribution < 1.29 is 0 Å². The summed E-state index contributed by atoms with van der Waals surface area (Å²) < 4.78 is 0. The van der Waals surface area contributed by atoms with Gasteiger partial charge < -0.3 is 0 Å². The van der Waals surface area contributed by atoms with E-state index in [1.165, 1.54) is 33.4 Å². The van der Waals surface area contributed by atoms with Gasteiger partial charge in [-0.05, 0) is 79.5 Å². The molecular weight excluding hydrogens is 340 g/mol. The van der Waals surface area contributed by atoms with Gasteiger partial charge in [-0.25, -0.2) is 0 Å². The van der Waals surface area contributed by atoms with Crippen molar-refractivity contribution >= 4 is 6.08 Å². The molecule has 3 aromatic rings. The molecule has 2 aromatic carbocycles. The molecule has 2 heteroatoms. The van der Waals surface area contributed by atoms with Gasteiger partial charge in [0.1, 0.15) is 0 Å². The molecule has 0 saturated carbocycles. The largest absolute Gasteiger partial charge is 0.261 e. The lowest BCUT2D eigenvalue weighted by atomic mass is 9.93. The van der Waals surface area contributed by atoms with Crippen molar-refractivity contribution in [1.82, 2.24) is 4.98 Å². The maximum atomic E-state index is 8.94. The van der Waals surface area contributed by atoms with Crippen LogP contribution in [0.15, 0.2) is 61.3 Å². The van der Waals surface area contributed by atoms with Crippen LogP contribution in [0.4, 0.5) is 0 Å². The Morgan fingerprint density at radius 1 is 0.893 bits per heavy atom. The van der Waals surface area contributed by atoms with Crippen LogP contribution in [0.2, 0.25) is 0 Å². The average molecular weight is 367 g/mol. The Kier molecular flexibility index (Phi) is 6.40. The number of aryl methyl sites for hydroxylation is 5. The minimum Gasteiger partial charge on any atom is -0.261 e. The summed E-state index contributed by atoms with van der Waals surface area (Å²) in [4.78, 5) is 4.66. The summed E-state index contributed by atoms with van der Waals surface area (Å²) in [5.74, 6) is 0. The van der Waals surface area contributed by atoms with Crippen LogP contribution in [0.3, 0.4) is 0 Å². The second-order valence-electron chi connectivity index (χ2n) is 7.26. The number of hydrogen-bond acceptors (Lipinski definition) is 2. The third-order valence-electron chi connectivity index (χ3n) is 5.28. The smallest absolute Gasteiger partial charge is 0.0991 e. The molecule has 0 unspecified atom stereocenters. The number of nitriles is 1. The second-order valence-corrected chi connectivity index (χ2v) is 7.26. The van der Waals surface area contributed by atoms with Gasteiger partial charge in [-0.1, -0.05) is 54.6 Å². The summed E-state index contributed by atoms with van der Waals surface area (Å²) in [6.07, 6.45) is 7.78. The number of aromatic nitrogens is 1. The molecule has 0 bridgehead atoms. The van der Waals surface area contributed by atoms with Crippen molar-refractivity contribution in [2.24, 2.45) is 0 Å². The number of hydrogen-bond donors (Lipinski definition) is 0. The molecule has 28 heavy (non-hydrogen) atoms. The molecule has 0 spiro atoms. The summed E-state index contributed by atoms with van der Waals surface area (Å²) in [5.41, 5.74) is 9.43. The average Bonchev–Trinajstić information content (AvgIpc) is 2.73. The van der Waals surface area contributed by atoms with Gasteiger partial charge in [0.25, 0.3) is 0 Å². The molecule has 0 atom stereocenters. The Bertz CT molecular complexity index is 990. The SMILES string of the molecule is C=Cc1c(CCc2ccc(C#N)cc2)cnc(C)c1CCc1ccc(C)cc1. The highest BCUT2D eigenvalue weighted by Gasteiger charge is 2.11. The van der Waals surface area contributed by atoms with E-state index < -0.39 is 0 Å². The summed E-state index contributed by atoms with van der Waals surface area (Å²) in [6, 6.07) is 18.7. The van der Waals surface area contributed by atoms with E-state index in [0.717, 1.165) is 31.4 Å². The number of rotatable bonds is 7. The maximum Gasteiger partial charge on any atom is 0.0991 e. The highest BCUT2D eigenvalue weighted by Crippen LogP contribution is 2.22. The lowest BCUT2D eigenvalue weighted by Crippen LogP contribution is -2.05. The summed E-state index contributed by atoms with van der Waals surface area (Å²) in [6.45, 7) is 8.28. The van der Waals surface area contributed by atoms with Crippen molar-refractivity contribution in [2.45, 2.75) is 39.5 Å². The lowest BCUT2D eigenvalue weighted by molar-refractivity contribution is 0.892. The van der Waals surface area contributed by atoms with Crippen LogP contribution >= 0.6 is 0 Å². The van der Waals surface area contributed by atoms with Crippen molar-refractivity contribution in [3.05, 3.63) is 106 Å². The Morgan fingerprint density at radius 3 is 2.11 bits per heavy atom. The molecule has 2 nitrogen and oxygen atoms in total. The minimum absolute atomic E-state index is 0.700. The monoisotopic (exact) mass is 366 g/mol. The van der Waals surface area contributed by atoms with E-state index in [-0.39, 0.29) is 0 Å². The molecule has 0 N–H and O–H groups in total. The normalized spacial score (nSPS) is 10.5. The quantitative estimate of drug-likeness (QED) is 0.531. The van der Waals surface area contributed by atoms with Gasteiger partial charge in [0.2, 0.25) is 0 Å². The number of pyridine rings is 1. The van der Waals surface area contributed by atoms with Crippen LogP contribution in [0.25, 0.3) is 6.08 Å². The number of nitrogens with zero attached hydrogens (tertiary/aromatic N) is 2. The molecule has 0 saturated heterocycles. The fraction of sp³-hybridized carbons (Fsp3) is 0.231. The fourth-order valence-electron chi connectivity index (χ4n) is 3.53. The van der Waals surface area contributed by atoms with Crippen LogP contribution in [0, 0.1) is 25.2 Å². The van der Waals surface area contributed by atoms with E-state index in [0.29, 0.717) is 5.56 Å². The van der Waals surface area contributed by atoms with E-state index in [2.05, 4.69) is 55.7 Å². The van der Waals surface area contributed by atoms with E-state index in [9.17, 15) is 0 Å². The van der Waals surface area contributed by atoms with Gasteiger partial charge >= 0.3 is 0 Å². The number of benzene rings is 2. The van der Waals surface area contributed by atoms with Gasteiger partial charge in [-0.15, -0.1) is 0 Å². The van der Waals surface area contributed by atoms with Gasteiger partial charge in [-0.2, -0.15) is 5.26 Å². The van der Waals surface area contributed by atoms with Gasteiger partial charge in [0.15, 0.2) is 0 Å². The van der Waals surface area contributed by atoms with E-state index in [1.807, 2.05) is 36.5 Å². The highest BCUT2D eigenvalue weighted by atomic mass is 14.7. The first kappa shape index (κ1) is 19.6. The zero-order valence-corrected chi connectivity index (χ0v) is 16.7. The van der Waals surface area contributed by atoms with Crippen molar-refractivity contribution in [3.63, 3.8) is 0 Å². The Balaban J connectivity index is 1.76. The predicted octanol–water partition coefficient (Wildman–Crippen LogP) is 5.78. The third kappa shape index (κ3) is 4.75. The molecule has 1 aromatic heterocycles. The van der Waals surface area contributed by atoms with Gasteiger partial charge in [-0.3, -0.25) is 4.98 Å². The molecule has 0 aliphatic rings. The molecular formula is C26H26N2. The zero-order valence-electron chi connectivity index (χ0n) is 16.7. The molecule has 0 aliphatic heterocycles. The van der Waals surface area contributed by atoms with Crippen LogP contribution in [0.1, 0.15) is 44.6 Å². The van der Waals surface area contributed by atoms with Crippen LogP contribution in [-0.4, -0.2) is 4.98 Å². The van der Waals surface area contributed by atoms with Crippen molar-refractivity contribution in [3.8, 4) is 6.07 Å². The minimum atomic E-state index is 0.700. The molecule has 0 aliphatic carbocycles. The Hall–Kier alpha value is -3.18. The predicted molar refractivity (Wildman–Crippen MR) is 116 cm³/mol. The van der Waals surface area contributed by atoms with Crippen LogP contribution < -0.4 is 0 Å². The topological polar surface area (TPSA) is 36.7 Å². The van der Waals surface area contributed by atoms with Crippen molar-refractivity contribution in [1.29, 1.82) is 5.26 Å². The first-order valence-corrected chi connectivity index (χ1v) is 9.75. The molecule has 0 radical (unpaired) electrons. The van der Waals surface area contributed by atoms with Crippen LogP contribution in [0.5, 0.6) is 0 Å². The van der Waals surface area contributed by atoms with Gasteiger partial charge in [0, 0.05) is 11.9 Å². The highest BCUT2D eigenvalue weighted by molar-refractivity contribution is 5.57. The second kappa shape index (κ2) is 9.15. The maximum absolute atomic E-state index is 8.94. The summed E-state index contributed by atoms with van der Waals surface area (Å²) in [7, 11) is 0. The van der Waals surface area contributed by atoms with Crippen molar-refractivity contribution in [2.75, 3.05) is 0 Å². The molecule has 3 rings (SSSR count). The Labute approximate surface area is 168 Å². The first-order valence-electron chi connectivity index (χ1n) is 9.75. The summed E-state index contributed by atoms with van der Waals surface area (Å²) >= 11 is 0. The molecule has 140 valence electrons. The van der Waals surface area contributed by atoms with E-state index in [1.54, 1.807) is 0 Å². The first-order chi connectivity index (χ1) is 13.6. The summed E-state index contributed by atoms with van der Waals surface area (Å²) in [5, 5.41) is 8.94. The lowest BCUT2D eigenvalue weighted by Gasteiger charge is -2.14. The van der Waals surface area contributed by atoms with E-state index in [4.69, 9.17) is 5.26 Å². The Morgan fingerprint density at radius 2 is 1.50 bits per heavy atom. The van der Waals surface area contributed by atoms with Gasteiger partial charge in [0.05, 0.1) is 11.6 Å². The molecule has 0 fully saturated rings.